The lowest BCUT2D eigenvalue weighted by Crippen LogP contribution is -1.99. The molecule has 0 unspecified atom stereocenters. The summed E-state index contributed by atoms with van der Waals surface area (Å²) in [7, 11) is 1.50. The van der Waals surface area contributed by atoms with Gasteiger partial charge in [-0.25, -0.2) is 0 Å². The van der Waals surface area contributed by atoms with Gasteiger partial charge in [0.05, 0.1) is 0 Å². The van der Waals surface area contributed by atoms with E-state index in [1.54, 1.807) is 0 Å². The van der Waals surface area contributed by atoms with Crippen LogP contribution in [0.2, 0.25) is 0 Å². The molecular weight excluding hydrogens is 651 g/mol. The van der Waals surface area contributed by atoms with E-state index in [1.165, 1.54) is 116 Å². The zero-order valence-corrected chi connectivity index (χ0v) is 42.4. The zero-order valence-electron chi connectivity index (χ0n) is 42.4. The Balaban J connectivity index is -0.0000000689. The van der Waals surface area contributed by atoms with E-state index in [0.29, 0.717) is 0 Å². The van der Waals surface area contributed by atoms with Crippen molar-refractivity contribution in [1.29, 1.82) is 0 Å². The molecule has 0 radical (unpaired) electrons. The Morgan fingerprint density at radius 3 is 1.26 bits per heavy atom. The molecule has 1 aromatic carbocycles. The van der Waals surface area contributed by atoms with E-state index < -0.39 is 0 Å². The molecule has 54 heavy (non-hydrogen) atoms. The van der Waals surface area contributed by atoms with Gasteiger partial charge in [-0.15, -0.1) is 13.2 Å². The number of aryl methyl sites for hydroxylation is 1. The molecule has 1 aromatic rings. The Hall–Kier alpha value is -2.12. The van der Waals surface area contributed by atoms with E-state index in [-0.39, 0.29) is 0 Å². The van der Waals surface area contributed by atoms with Crippen LogP contribution in [0.25, 0.3) is 11.1 Å². The molecule has 2 rings (SSSR count). The summed E-state index contributed by atoms with van der Waals surface area (Å²) in [5.74, 6) is 1.04. The van der Waals surface area contributed by atoms with Crippen molar-refractivity contribution in [3.8, 4) is 0 Å². The highest BCUT2D eigenvalue weighted by Crippen LogP contribution is 2.30. The maximum absolute atomic E-state index is 4.50. The summed E-state index contributed by atoms with van der Waals surface area (Å²) in [6.07, 6.45) is 21.6. The number of nitrogens with two attached hydrogens (primary N) is 1. The summed E-state index contributed by atoms with van der Waals surface area (Å²) in [4.78, 5) is 0. The predicted molar refractivity (Wildman–Crippen MR) is 267 cm³/mol. The summed E-state index contributed by atoms with van der Waals surface area (Å²) in [5, 5.41) is 0. The molecule has 0 amide bonds. The molecular formula is C53H109N. The molecule has 0 aliphatic heterocycles. The summed E-state index contributed by atoms with van der Waals surface area (Å²) >= 11 is 0. The van der Waals surface area contributed by atoms with E-state index in [2.05, 4.69) is 126 Å². The molecule has 1 aliphatic carbocycles. The van der Waals surface area contributed by atoms with Gasteiger partial charge in [-0.05, 0) is 102 Å². The van der Waals surface area contributed by atoms with Crippen molar-refractivity contribution in [2.45, 2.75) is 236 Å². The highest BCUT2D eigenvalue weighted by molar-refractivity contribution is 5.84. The SMILES string of the molecule is C=C(C)C.C=C(C)CC.C=C/C(=C(/C)CC)c1ccc(CC)cc1/C(C)=C\C.CC.CC.CC.CC.CC1CCCCC1.CCCC.CCCCC.CN. The predicted octanol–water partition coefficient (Wildman–Crippen LogP) is 19.9. The van der Waals surface area contributed by atoms with Crippen molar-refractivity contribution in [1.82, 2.24) is 0 Å². The first-order valence-electron chi connectivity index (χ1n) is 22.7. The quantitative estimate of drug-likeness (QED) is 0.197. The van der Waals surface area contributed by atoms with Crippen LogP contribution in [-0.2, 0) is 6.42 Å². The minimum atomic E-state index is 1.04. The number of allylic oxidation sites excluding steroid dienone is 7. The van der Waals surface area contributed by atoms with Gasteiger partial charge >= 0.3 is 0 Å². The third-order valence-electron chi connectivity index (χ3n) is 7.54. The molecule has 2 N–H and O–H groups in total. The summed E-state index contributed by atoms with van der Waals surface area (Å²) in [6.45, 7) is 57.3. The number of unbranched alkanes of at least 4 members (excludes halogenated alkanes) is 3. The van der Waals surface area contributed by atoms with Gasteiger partial charge in [-0.3, -0.25) is 0 Å². The van der Waals surface area contributed by atoms with Gasteiger partial charge in [0.25, 0.3) is 0 Å². The first-order chi connectivity index (χ1) is 25.8. The monoisotopic (exact) mass is 760 g/mol. The van der Waals surface area contributed by atoms with Crippen LogP contribution < -0.4 is 5.73 Å². The Bertz CT molecular complexity index is 882. The Morgan fingerprint density at radius 2 is 1.06 bits per heavy atom. The van der Waals surface area contributed by atoms with Crippen molar-refractivity contribution in [2.24, 2.45) is 11.7 Å². The maximum atomic E-state index is 4.50. The normalized spacial score (nSPS) is 11.0. The van der Waals surface area contributed by atoms with Crippen LogP contribution in [0.4, 0.5) is 0 Å². The number of hydrogen-bond acceptors (Lipinski definition) is 1. The van der Waals surface area contributed by atoms with Crippen LogP contribution >= 0.6 is 0 Å². The van der Waals surface area contributed by atoms with Crippen LogP contribution in [0.1, 0.15) is 246 Å². The van der Waals surface area contributed by atoms with Gasteiger partial charge in [-0.1, -0.05) is 229 Å². The van der Waals surface area contributed by atoms with Crippen molar-refractivity contribution in [3.63, 3.8) is 0 Å². The standard InChI is InChI=1S/C19H26.C7H14.C5H10.C5H12.C4H8.C4H10.4C2H6.CH5N/c1-7-14(5)17(10-4)18-12-11-16(9-3)13-19(18)15(6)8-2;1-7-5-3-2-4-6-7;1-4-5(2)3;1-3-5-4-2;1-4(2)3;1-3-4-2;5*1-2/h8,10-13H,4,7,9H2,1-3,5-6H3;7H,2-6H2,1H3;2,4H2,1,3H3;3-5H2,1-2H3;1H2,2-3H3;3-4H2,1-2H3;4*1-2H3;2H2,1H3/b15-8-,17-14+;;;;;;;;;;. The summed E-state index contributed by atoms with van der Waals surface area (Å²) in [5.41, 5.74) is 15.0. The summed E-state index contributed by atoms with van der Waals surface area (Å²) < 4.78 is 0. The fraction of sp³-hybridized carbons (Fsp3) is 0.698. The van der Waals surface area contributed by atoms with Gasteiger partial charge in [0, 0.05) is 0 Å². The highest BCUT2D eigenvalue weighted by atomic mass is 14.4. The first-order valence-corrected chi connectivity index (χ1v) is 22.7. The van der Waals surface area contributed by atoms with Crippen molar-refractivity contribution >= 4 is 11.1 Å². The third-order valence-corrected chi connectivity index (χ3v) is 7.54. The summed E-state index contributed by atoms with van der Waals surface area (Å²) in [6, 6.07) is 6.79. The molecule has 0 saturated heterocycles. The van der Waals surface area contributed by atoms with Crippen LogP contribution in [0, 0.1) is 5.92 Å². The Labute approximate surface area is 348 Å². The molecule has 0 bridgehead atoms. The van der Waals surface area contributed by atoms with E-state index in [1.807, 2.05) is 82.2 Å². The van der Waals surface area contributed by atoms with Crippen LogP contribution in [0.15, 0.2) is 66.8 Å². The van der Waals surface area contributed by atoms with Crippen LogP contribution in [-0.4, -0.2) is 7.05 Å². The third kappa shape index (κ3) is 61.9. The lowest BCUT2D eigenvalue weighted by Gasteiger charge is -2.15. The van der Waals surface area contributed by atoms with Gasteiger partial charge in [0.2, 0.25) is 0 Å². The number of rotatable bonds is 9. The maximum Gasteiger partial charge on any atom is -0.0109 e. The molecule has 0 atom stereocenters. The van der Waals surface area contributed by atoms with Gasteiger partial charge in [0.15, 0.2) is 0 Å². The highest BCUT2D eigenvalue weighted by Gasteiger charge is 2.10. The molecule has 1 nitrogen and oxygen atoms in total. The van der Waals surface area contributed by atoms with Crippen molar-refractivity contribution < 1.29 is 0 Å². The van der Waals surface area contributed by atoms with Crippen molar-refractivity contribution in [3.05, 3.63) is 83.5 Å². The second kappa shape index (κ2) is 68.8. The average Bonchev–Trinajstić information content (AvgIpc) is 3.22. The second-order valence-electron chi connectivity index (χ2n) is 12.6. The smallest absolute Gasteiger partial charge is 0.0109 e. The molecule has 1 aliphatic rings. The molecule has 0 aromatic heterocycles. The topological polar surface area (TPSA) is 26.0 Å². The van der Waals surface area contributed by atoms with Gasteiger partial charge in [-0.2, -0.15) is 0 Å². The molecule has 1 saturated carbocycles. The minimum absolute atomic E-state index is 1.04. The van der Waals surface area contributed by atoms with Crippen LogP contribution in [0.5, 0.6) is 0 Å². The number of benzene rings is 1. The van der Waals surface area contributed by atoms with E-state index >= 15 is 0 Å². The average molecular weight is 760 g/mol. The van der Waals surface area contributed by atoms with Gasteiger partial charge < -0.3 is 5.73 Å². The van der Waals surface area contributed by atoms with Gasteiger partial charge in [0.1, 0.15) is 0 Å². The molecule has 0 spiro atoms. The molecule has 0 heterocycles. The lowest BCUT2D eigenvalue weighted by molar-refractivity contribution is 0.385. The van der Waals surface area contributed by atoms with E-state index in [9.17, 15) is 0 Å². The van der Waals surface area contributed by atoms with E-state index in [0.717, 1.165) is 25.2 Å². The first kappa shape index (κ1) is 73.0. The molecule has 326 valence electrons. The van der Waals surface area contributed by atoms with Crippen LogP contribution in [0.3, 0.4) is 0 Å². The largest absolute Gasteiger partial charge is 0.333 e. The van der Waals surface area contributed by atoms with E-state index in [4.69, 9.17) is 0 Å². The fourth-order valence-electron chi connectivity index (χ4n) is 3.89. The zero-order chi connectivity index (χ0) is 44.9. The minimum Gasteiger partial charge on any atom is -0.333 e. The Morgan fingerprint density at radius 1 is 0.667 bits per heavy atom. The molecule has 1 fully saturated rings. The number of hydrogen-bond donors (Lipinski definition) is 1. The lowest BCUT2D eigenvalue weighted by atomic mass is 9.90. The Kier molecular flexibility index (Phi) is 93.1. The fourth-order valence-corrected chi connectivity index (χ4v) is 3.89. The molecule has 1 heteroatoms. The van der Waals surface area contributed by atoms with Crippen molar-refractivity contribution in [2.75, 3.05) is 7.05 Å². The second-order valence-corrected chi connectivity index (χ2v) is 12.6.